The van der Waals surface area contributed by atoms with Gasteiger partial charge in [0.25, 0.3) is 5.91 Å². The number of carbonyl (C=O) groups is 2. The molecule has 146 valence electrons. The van der Waals surface area contributed by atoms with Crippen molar-refractivity contribution < 1.29 is 14.3 Å². The van der Waals surface area contributed by atoms with Gasteiger partial charge < -0.3 is 9.64 Å². The third kappa shape index (κ3) is 4.52. The van der Waals surface area contributed by atoms with Crippen LogP contribution in [0.15, 0.2) is 53.5 Å². The molecule has 7 heteroatoms. The molecule has 2 aromatic rings. The fraction of sp³-hybridized carbons (Fsp3) is 0.286. The first-order chi connectivity index (χ1) is 13.2. The molecule has 6 nitrogen and oxygen atoms in total. The molecule has 1 atom stereocenters. The minimum absolute atomic E-state index is 0.334. The van der Waals surface area contributed by atoms with E-state index in [2.05, 4.69) is 32.9 Å². The van der Waals surface area contributed by atoms with Gasteiger partial charge in [-0.05, 0) is 61.6 Å². The van der Waals surface area contributed by atoms with Gasteiger partial charge in [-0.1, -0.05) is 30.3 Å². The van der Waals surface area contributed by atoms with E-state index in [9.17, 15) is 9.59 Å². The summed E-state index contributed by atoms with van der Waals surface area (Å²) in [6.07, 6.45) is -1.77. The Bertz CT molecular complexity index is 936. The molecule has 0 saturated heterocycles. The fourth-order valence-electron chi connectivity index (χ4n) is 2.89. The van der Waals surface area contributed by atoms with Gasteiger partial charge in [-0.3, -0.25) is 10.1 Å². The van der Waals surface area contributed by atoms with Crippen LogP contribution >= 0.6 is 22.6 Å². The van der Waals surface area contributed by atoms with Gasteiger partial charge in [0.05, 0.1) is 11.4 Å². The van der Waals surface area contributed by atoms with Crippen LogP contribution in [-0.4, -0.2) is 36.5 Å². The minimum atomic E-state index is -1.08. The summed E-state index contributed by atoms with van der Waals surface area (Å²) in [5.74, 6) is -0.334. The quantitative estimate of drug-likeness (QED) is 0.647. The Balaban J connectivity index is 2.09. The van der Waals surface area contributed by atoms with Gasteiger partial charge in [-0.15, -0.1) is 0 Å². The molecule has 0 fully saturated rings. The molecule has 3 rings (SSSR count). The lowest BCUT2D eigenvalue weighted by Gasteiger charge is -2.23. The minimum Gasteiger partial charge on any atom is -0.444 e. The largest absolute Gasteiger partial charge is 0.444 e. The van der Waals surface area contributed by atoms with Crippen LogP contribution in [0.1, 0.15) is 31.9 Å². The number of hydrogen-bond donors (Lipinski definition) is 1. The van der Waals surface area contributed by atoms with E-state index >= 15 is 0 Å². The zero-order chi connectivity index (χ0) is 20.5. The van der Waals surface area contributed by atoms with Crippen LogP contribution in [0.2, 0.25) is 0 Å². The Labute approximate surface area is 178 Å². The summed E-state index contributed by atoms with van der Waals surface area (Å²) in [4.78, 5) is 31.5. The second-order valence-electron chi connectivity index (χ2n) is 7.45. The first kappa shape index (κ1) is 20.3. The summed E-state index contributed by atoms with van der Waals surface area (Å²) < 4.78 is 6.34. The number of hydrogen-bond acceptors (Lipinski definition) is 4. The number of fused-ring (bicyclic) bond motifs is 1. The SMILES string of the molecule is CN1C(=O)C(NC(=O)OC(C)(C)C)N=C(c2ccccc2)c2cc(I)ccc21. The van der Waals surface area contributed by atoms with Gasteiger partial charge in [-0.2, -0.15) is 0 Å². The van der Waals surface area contributed by atoms with Crippen molar-refractivity contribution in [2.75, 3.05) is 11.9 Å². The molecule has 0 aromatic heterocycles. The highest BCUT2D eigenvalue weighted by Crippen LogP contribution is 2.29. The predicted molar refractivity (Wildman–Crippen MR) is 118 cm³/mol. The fourth-order valence-corrected chi connectivity index (χ4v) is 3.38. The molecule has 0 radical (unpaired) electrons. The third-order valence-electron chi connectivity index (χ3n) is 4.10. The van der Waals surface area contributed by atoms with Crippen molar-refractivity contribution in [3.63, 3.8) is 0 Å². The number of aliphatic imine (C=N–C) groups is 1. The van der Waals surface area contributed by atoms with Gasteiger partial charge in [0, 0.05) is 21.7 Å². The highest BCUT2D eigenvalue weighted by Gasteiger charge is 2.32. The zero-order valence-electron chi connectivity index (χ0n) is 16.2. The first-order valence-electron chi connectivity index (χ1n) is 8.86. The van der Waals surface area contributed by atoms with Crippen LogP contribution in [0.5, 0.6) is 0 Å². The number of alkyl carbamates (subject to hydrolysis) is 1. The van der Waals surface area contributed by atoms with E-state index in [1.807, 2.05) is 48.5 Å². The van der Waals surface area contributed by atoms with Gasteiger partial charge >= 0.3 is 6.09 Å². The normalized spacial score (nSPS) is 16.8. The number of ether oxygens (including phenoxy) is 1. The van der Waals surface area contributed by atoms with Gasteiger partial charge in [-0.25, -0.2) is 9.79 Å². The molecular formula is C21H22IN3O3. The topological polar surface area (TPSA) is 71.0 Å². The van der Waals surface area contributed by atoms with E-state index in [0.29, 0.717) is 5.71 Å². The van der Waals surface area contributed by atoms with Crippen molar-refractivity contribution in [1.82, 2.24) is 5.32 Å². The molecule has 1 aliphatic rings. The van der Waals surface area contributed by atoms with Crippen molar-refractivity contribution in [3.8, 4) is 0 Å². The molecule has 0 aliphatic carbocycles. The maximum absolute atomic E-state index is 13.0. The number of rotatable bonds is 2. The summed E-state index contributed by atoms with van der Waals surface area (Å²) in [5.41, 5.74) is 2.41. The number of anilines is 1. The first-order valence-corrected chi connectivity index (χ1v) is 9.94. The number of halogens is 1. The summed E-state index contributed by atoms with van der Waals surface area (Å²) in [6, 6.07) is 15.4. The molecule has 1 aliphatic heterocycles. The zero-order valence-corrected chi connectivity index (χ0v) is 18.4. The molecule has 0 bridgehead atoms. The Kier molecular flexibility index (Phi) is 5.74. The molecule has 2 aromatic carbocycles. The van der Waals surface area contributed by atoms with Crippen molar-refractivity contribution >= 4 is 46.0 Å². The van der Waals surface area contributed by atoms with E-state index in [1.165, 1.54) is 4.90 Å². The molecule has 1 unspecified atom stereocenters. The van der Waals surface area contributed by atoms with E-state index in [1.54, 1.807) is 27.8 Å². The number of benzene rings is 2. The number of nitrogens with zero attached hydrogens (tertiary/aromatic N) is 2. The summed E-state index contributed by atoms with van der Waals surface area (Å²) in [5, 5.41) is 2.60. The summed E-state index contributed by atoms with van der Waals surface area (Å²) in [6.45, 7) is 5.30. The lowest BCUT2D eigenvalue weighted by Crippen LogP contribution is -2.47. The number of carbonyl (C=O) groups excluding carboxylic acids is 2. The van der Waals surface area contributed by atoms with Crippen LogP contribution in [0, 0.1) is 3.57 Å². The number of nitrogens with one attached hydrogen (secondary N) is 1. The maximum Gasteiger partial charge on any atom is 0.409 e. The van der Waals surface area contributed by atoms with Gasteiger partial charge in [0.15, 0.2) is 0 Å². The van der Waals surface area contributed by atoms with Crippen LogP contribution < -0.4 is 10.2 Å². The van der Waals surface area contributed by atoms with E-state index in [-0.39, 0.29) is 5.91 Å². The molecule has 1 N–H and O–H groups in total. The van der Waals surface area contributed by atoms with Crippen LogP contribution in [0.3, 0.4) is 0 Å². The Morgan fingerprint density at radius 2 is 1.86 bits per heavy atom. The number of likely N-dealkylation sites (N-methyl/N-ethyl adjacent to an activating group) is 1. The van der Waals surface area contributed by atoms with Gasteiger partial charge in [0.1, 0.15) is 5.60 Å². The Hall–Kier alpha value is -2.42. The highest BCUT2D eigenvalue weighted by atomic mass is 127. The lowest BCUT2D eigenvalue weighted by molar-refractivity contribution is -0.120. The Morgan fingerprint density at radius 3 is 2.50 bits per heavy atom. The van der Waals surface area contributed by atoms with Crippen molar-refractivity contribution in [2.45, 2.75) is 32.5 Å². The van der Waals surface area contributed by atoms with Crippen LogP contribution in [-0.2, 0) is 9.53 Å². The lowest BCUT2D eigenvalue weighted by atomic mass is 10.0. The van der Waals surface area contributed by atoms with Crippen LogP contribution in [0.4, 0.5) is 10.5 Å². The average Bonchev–Trinajstić information content (AvgIpc) is 2.71. The smallest absolute Gasteiger partial charge is 0.409 e. The molecule has 0 spiro atoms. The Morgan fingerprint density at radius 1 is 1.18 bits per heavy atom. The standard InChI is InChI=1S/C21H22IN3O3/c1-21(2,3)28-20(27)24-18-19(26)25(4)16-11-10-14(22)12-15(16)17(23-18)13-8-6-5-7-9-13/h5-12,18H,1-4H3,(H,24,27). The van der Waals surface area contributed by atoms with Crippen LogP contribution in [0.25, 0.3) is 0 Å². The van der Waals surface area contributed by atoms with Gasteiger partial charge in [0.2, 0.25) is 6.17 Å². The maximum atomic E-state index is 13.0. The summed E-state index contributed by atoms with van der Waals surface area (Å²) >= 11 is 2.23. The second-order valence-corrected chi connectivity index (χ2v) is 8.70. The highest BCUT2D eigenvalue weighted by molar-refractivity contribution is 14.1. The molecule has 0 saturated carbocycles. The monoisotopic (exact) mass is 491 g/mol. The molecule has 28 heavy (non-hydrogen) atoms. The molecule has 1 heterocycles. The van der Waals surface area contributed by atoms with E-state index in [0.717, 1.165) is 20.4 Å². The second kappa shape index (κ2) is 7.90. The number of amides is 2. The predicted octanol–water partition coefficient (Wildman–Crippen LogP) is 3.96. The molecule has 2 amide bonds. The summed E-state index contributed by atoms with van der Waals surface area (Å²) in [7, 11) is 1.68. The number of benzodiazepines with no additional fused rings is 1. The third-order valence-corrected chi connectivity index (χ3v) is 4.77. The van der Waals surface area contributed by atoms with Crippen molar-refractivity contribution in [1.29, 1.82) is 0 Å². The van der Waals surface area contributed by atoms with E-state index < -0.39 is 17.9 Å². The van der Waals surface area contributed by atoms with Crippen molar-refractivity contribution in [3.05, 3.63) is 63.2 Å². The van der Waals surface area contributed by atoms with Crippen molar-refractivity contribution in [2.24, 2.45) is 4.99 Å². The average molecular weight is 491 g/mol. The molecular weight excluding hydrogens is 469 g/mol. The van der Waals surface area contributed by atoms with E-state index in [4.69, 9.17) is 4.74 Å².